The molecular weight excluding hydrogens is 241 g/mol. The number of nitrogens with two attached hydrogens (primary N) is 1. The molecule has 0 spiro atoms. The molecule has 2 N–H and O–H groups in total. The summed E-state index contributed by atoms with van der Waals surface area (Å²) in [5, 5.41) is 1.39. The van der Waals surface area contributed by atoms with Crippen LogP contribution < -0.4 is 5.73 Å². The van der Waals surface area contributed by atoms with Gasteiger partial charge in [0.2, 0.25) is 0 Å². The summed E-state index contributed by atoms with van der Waals surface area (Å²) in [5.74, 6) is 0. The van der Waals surface area contributed by atoms with E-state index in [1.54, 1.807) is 12.1 Å². The molecule has 0 bridgehead atoms. The Hall–Kier alpha value is -0.240. The molecule has 90 valence electrons. The molecule has 0 fully saturated rings. The Kier molecular flexibility index (Phi) is 4.66. The lowest BCUT2D eigenvalue weighted by Gasteiger charge is -2.21. The molecule has 0 saturated heterocycles. The molecule has 0 amide bonds. The van der Waals surface area contributed by atoms with E-state index in [4.69, 9.17) is 28.9 Å². The van der Waals surface area contributed by atoms with E-state index in [0.29, 0.717) is 15.5 Å². The zero-order valence-electron chi connectivity index (χ0n) is 10.1. The molecule has 1 atom stereocenters. The molecule has 1 unspecified atom stereocenters. The maximum Gasteiger partial charge on any atom is 0.0454 e. The monoisotopic (exact) mass is 259 g/mol. The highest BCUT2D eigenvalue weighted by Gasteiger charge is 2.16. The molecule has 0 aliphatic carbocycles. The number of halogens is 2. The van der Waals surface area contributed by atoms with Gasteiger partial charge >= 0.3 is 0 Å². The van der Waals surface area contributed by atoms with Crippen molar-refractivity contribution in [3.05, 3.63) is 33.8 Å². The molecule has 3 heteroatoms. The van der Waals surface area contributed by atoms with Crippen LogP contribution in [-0.4, -0.2) is 0 Å². The number of hydrogen-bond acceptors (Lipinski definition) is 1. The van der Waals surface area contributed by atoms with Crippen molar-refractivity contribution in [2.45, 2.75) is 39.7 Å². The van der Waals surface area contributed by atoms with Gasteiger partial charge in [-0.2, -0.15) is 0 Å². The lowest BCUT2D eigenvalue weighted by molar-refractivity contribution is 0.350. The number of rotatable bonds is 3. The Balaban J connectivity index is 2.73. The van der Waals surface area contributed by atoms with Crippen molar-refractivity contribution >= 4 is 23.2 Å². The van der Waals surface area contributed by atoms with Crippen molar-refractivity contribution in [3.8, 4) is 0 Å². The second-order valence-corrected chi connectivity index (χ2v) is 6.22. The fourth-order valence-corrected chi connectivity index (χ4v) is 1.98. The quantitative estimate of drug-likeness (QED) is 0.828. The molecule has 0 heterocycles. The molecule has 0 aromatic heterocycles. The van der Waals surface area contributed by atoms with Gasteiger partial charge < -0.3 is 5.73 Å². The van der Waals surface area contributed by atoms with E-state index in [-0.39, 0.29) is 6.04 Å². The highest BCUT2D eigenvalue weighted by atomic mass is 35.5. The van der Waals surface area contributed by atoms with Crippen LogP contribution in [0, 0.1) is 5.41 Å². The summed E-state index contributed by atoms with van der Waals surface area (Å²) in [6.45, 7) is 6.62. The van der Waals surface area contributed by atoms with Crippen LogP contribution in [0.4, 0.5) is 0 Å². The summed E-state index contributed by atoms with van der Waals surface area (Å²) >= 11 is 12.0. The van der Waals surface area contributed by atoms with Crippen LogP contribution in [0.1, 0.15) is 45.2 Å². The van der Waals surface area contributed by atoms with Crippen LogP contribution in [0.3, 0.4) is 0 Å². The van der Waals surface area contributed by atoms with Crippen LogP contribution in [-0.2, 0) is 0 Å². The van der Waals surface area contributed by atoms with Gasteiger partial charge in [0, 0.05) is 16.1 Å². The van der Waals surface area contributed by atoms with Gasteiger partial charge in [0.1, 0.15) is 0 Å². The van der Waals surface area contributed by atoms with E-state index in [1.165, 1.54) is 0 Å². The van der Waals surface area contributed by atoms with Crippen LogP contribution in [0.15, 0.2) is 18.2 Å². The third kappa shape index (κ3) is 4.32. The van der Waals surface area contributed by atoms with Gasteiger partial charge in [0.25, 0.3) is 0 Å². The summed E-state index contributed by atoms with van der Waals surface area (Å²) in [6, 6.07) is 5.41. The van der Waals surface area contributed by atoms with Crippen molar-refractivity contribution < 1.29 is 0 Å². The fourth-order valence-electron chi connectivity index (χ4n) is 1.54. The Labute approximate surface area is 108 Å². The van der Waals surface area contributed by atoms with Crippen LogP contribution in [0.2, 0.25) is 10.0 Å². The second kappa shape index (κ2) is 5.39. The highest BCUT2D eigenvalue weighted by molar-refractivity contribution is 6.33. The van der Waals surface area contributed by atoms with Crippen LogP contribution >= 0.6 is 23.2 Å². The zero-order chi connectivity index (χ0) is 12.3. The van der Waals surface area contributed by atoms with Crippen molar-refractivity contribution in [2.24, 2.45) is 11.1 Å². The maximum atomic E-state index is 6.13. The van der Waals surface area contributed by atoms with Gasteiger partial charge in [-0.3, -0.25) is 0 Å². The average molecular weight is 260 g/mol. The number of benzene rings is 1. The van der Waals surface area contributed by atoms with Crippen molar-refractivity contribution in [1.82, 2.24) is 0 Å². The Morgan fingerprint density at radius 2 is 1.88 bits per heavy atom. The van der Waals surface area contributed by atoms with Gasteiger partial charge in [-0.05, 0) is 42.0 Å². The molecule has 1 aromatic carbocycles. The van der Waals surface area contributed by atoms with Gasteiger partial charge in [-0.25, -0.2) is 0 Å². The molecule has 1 nitrogen and oxygen atoms in total. The molecule has 0 aliphatic heterocycles. The van der Waals surface area contributed by atoms with E-state index < -0.39 is 0 Å². The third-order valence-electron chi connectivity index (χ3n) is 2.56. The van der Waals surface area contributed by atoms with E-state index in [9.17, 15) is 0 Å². The van der Waals surface area contributed by atoms with Gasteiger partial charge in [-0.1, -0.05) is 44.0 Å². The van der Waals surface area contributed by atoms with E-state index in [0.717, 1.165) is 18.4 Å². The molecular formula is C13H19Cl2N. The fraction of sp³-hybridized carbons (Fsp3) is 0.538. The van der Waals surface area contributed by atoms with E-state index in [2.05, 4.69) is 20.8 Å². The number of hydrogen-bond donors (Lipinski definition) is 1. The Bertz CT molecular complexity index is 355. The molecule has 16 heavy (non-hydrogen) atoms. The maximum absolute atomic E-state index is 6.13. The van der Waals surface area contributed by atoms with Crippen LogP contribution in [0.25, 0.3) is 0 Å². The minimum atomic E-state index is -0.0366. The SMILES string of the molecule is CC(C)(C)CCC(N)c1cc(Cl)ccc1Cl. The highest BCUT2D eigenvalue weighted by Crippen LogP contribution is 2.30. The molecule has 1 rings (SSSR count). The molecule has 0 radical (unpaired) electrons. The summed E-state index contributed by atoms with van der Waals surface area (Å²) in [4.78, 5) is 0. The van der Waals surface area contributed by atoms with Gasteiger partial charge in [0.15, 0.2) is 0 Å². The minimum Gasteiger partial charge on any atom is -0.324 e. The largest absolute Gasteiger partial charge is 0.324 e. The minimum absolute atomic E-state index is 0.0366. The Morgan fingerprint density at radius 1 is 1.25 bits per heavy atom. The first-order valence-corrected chi connectivity index (χ1v) is 6.26. The van der Waals surface area contributed by atoms with E-state index in [1.807, 2.05) is 6.07 Å². The first kappa shape index (κ1) is 13.8. The zero-order valence-corrected chi connectivity index (χ0v) is 11.6. The predicted molar refractivity (Wildman–Crippen MR) is 72.1 cm³/mol. The molecule has 0 aliphatic rings. The van der Waals surface area contributed by atoms with E-state index >= 15 is 0 Å². The summed E-state index contributed by atoms with van der Waals surface area (Å²) < 4.78 is 0. The molecule has 0 saturated carbocycles. The lowest BCUT2D eigenvalue weighted by atomic mass is 9.87. The standard InChI is InChI=1S/C13H19Cl2N/c1-13(2,3)7-6-12(16)10-8-9(14)4-5-11(10)15/h4-5,8,12H,6-7,16H2,1-3H3. The van der Waals surface area contributed by atoms with Crippen molar-refractivity contribution in [3.63, 3.8) is 0 Å². The third-order valence-corrected chi connectivity index (χ3v) is 3.14. The summed E-state index contributed by atoms with van der Waals surface area (Å²) in [5.41, 5.74) is 7.37. The lowest BCUT2D eigenvalue weighted by Crippen LogP contribution is -2.15. The van der Waals surface area contributed by atoms with Gasteiger partial charge in [0.05, 0.1) is 0 Å². The first-order valence-electron chi connectivity index (χ1n) is 5.50. The average Bonchev–Trinajstić information content (AvgIpc) is 2.17. The topological polar surface area (TPSA) is 26.0 Å². The first-order chi connectivity index (χ1) is 7.29. The van der Waals surface area contributed by atoms with Crippen molar-refractivity contribution in [2.75, 3.05) is 0 Å². The van der Waals surface area contributed by atoms with Crippen molar-refractivity contribution in [1.29, 1.82) is 0 Å². The summed E-state index contributed by atoms with van der Waals surface area (Å²) in [7, 11) is 0. The van der Waals surface area contributed by atoms with Gasteiger partial charge in [-0.15, -0.1) is 0 Å². The smallest absolute Gasteiger partial charge is 0.0454 e. The predicted octanol–water partition coefficient (Wildman–Crippen LogP) is 4.82. The Morgan fingerprint density at radius 3 is 2.44 bits per heavy atom. The summed E-state index contributed by atoms with van der Waals surface area (Å²) in [6.07, 6.45) is 1.99. The molecule has 1 aromatic rings. The normalized spacial score (nSPS) is 13.9. The van der Waals surface area contributed by atoms with Crippen LogP contribution in [0.5, 0.6) is 0 Å². The second-order valence-electron chi connectivity index (χ2n) is 5.37.